The Balaban J connectivity index is 1.35. The number of alkyl halides is 2. The third-order valence-electron chi connectivity index (χ3n) is 7.43. The van der Waals surface area contributed by atoms with Gasteiger partial charge in [-0.05, 0) is 67.5 Å². The van der Waals surface area contributed by atoms with E-state index in [0.717, 1.165) is 16.6 Å². The normalized spacial score (nSPS) is 17.4. The number of nitrogens with zero attached hydrogens (tertiary/aromatic N) is 1. The van der Waals surface area contributed by atoms with Gasteiger partial charge in [0.1, 0.15) is 7.85 Å². The van der Waals surface area contributed by atoms with Crippen LogP contribution in [0.25, 0.3) is 10.9 Å². The molecule has 1 aliphatic carbocycles. The Hall–Kier alpha value is -3.76. The summed E-state index contributed by atoms with van der Waals surface area (Å²) in [4.78, 5) is 25.2. The predicted octanol–water partition coefficient (Wildman–Crippen LogP) is 5.10. The van der Waals surface area contributed by atoms with Gasteiger partial charge in [0.25, 0.3) is 0 Å². The zero-order valence-electron chi connectivity index (χ0n) is 23.4. The van der Waals surface area contributed by atoms with Crippen LogP contribution in [0, 0.1) is 0 Å². The number of amides is 2. The number of aromatic nitrogens is 1. The summed E-state index contributed by atoms with van der Waals surface area (Å²) in [6, 6.07) is 12.5. The van der Waals surface area contributed by atoms with Crippen LogP contribution >= 0.6 is 0 Å². The van der Waals surface area contributed by atoms with Crippen LogP contribution in [0.2, 0.25) is 5.82 Å². The molecule has 0 saturated heterocycles. The molecule has 2 aliphatic rings. The highest BCUT2D eigenvalue weighted by Gasteiger charge is 2.52. The molecule has 40 heavy (non-hydrogen) atoms. The summed E-state index contributed by atoms with van der Waals surface area (Å²) in [6.07, 6.45) is -2.90. The van der Waals surface area contributed by atoms with Crippen molar-refractivity contribution in [2.75, 3.05) is 18.5 Å². The second-order valence-electron chi connectivity index (χ2n) is 11.7. The van der Waals surface area contributed by atoms with Gasteiger partial charge in [-0.3, -0.25) is 4.79 Å². The molecule has 3 aromatic rings. The Bertz CT molecular complexity index is 1460. The third kappa shape index (κ3) is 5.46. The molecule has 1 fully saturated rings. The van der Waals surface area contributed by atoms with Crippen molar-refractivity contribution < 1.29 is 32.6 Å². The Morgan fingerprint density at radius 3 is 2.50 bits per heavy atom. The van der Waals surface area contributed by atoms with Crippen LogP contribution in [0.5, 0.6) is 11.5 Å². The first-order valence-electron chi connectivity index (χ1n) is 13.6. The molecule has 0 bridgehead atoms. The molecular weight excluding hydrogens is 519 g/mol. The van der Waals surface area contributed by atoms with Gasteiger partial charge in [-0.25, -0.2) is 4.79 Å². The maximum Gasteiger partial charge on any atom is 0.586 e. The van der Waals surface area contributed by atoms with Crippen molar-refractivity contribution in [3.8, 4) is 11.5 Å². The molecule has 1 atom stereocenters. The molecule has 0 radical (unpaired) electrons. The van der Waals surface area contributed by atoms with Gasteiger partial charge in [-0.1, -0.05) is 26.8 Å². The third-order valence-corrected chi connectivity index (χ3v) is 7.43. The highest BCUT2D eigenvalue weighted by Crippen LogP contribution is 2.52. The number of nitrogens with one attached hydrogen (secondary N) is 2. The zero-order chi connectivity index (χ0) is 28.9. The molecule has 1 aromatic heterocycles. The molecule has 0 spiro atoms. The summed E-state index contributed by atoms with van der Waals surface area (Å²) < 4.78 is 43.3. The Morgan fingerprint density at radius 1 is 1.10 bits per heavy atom. The largest absolute Gasteiger partial charge is 0.586 e. The standard InChI is InChI=1S/C29H34BF2N3O5/c1-5-38-26(37)33-15-19(30)16-35-21-8-7-20(12-17(21)13-24(35)27(2,3)4)34-25(36)28(10-11-28)18-6-9-22-23(14-18)40-29(31,32)39-22/h6-9,12-14,19H,5,10-11,15-16,30H2,1-4H3,(H,33,37)(H,34,36)/t19-/m0/s1. The smallest absolute Gasteiger partial charge is 0.450 e. The summed E-state index contributed by atoms with van der Waals surface area (Å²) in [5, 5.41) is 6.84. The lowest BCUT2D eigenvalue weighted by molar-refractivity contribution is -0.286. The highest BCUT2D eigenvalue weighted by atomic mass is 19.3. The van der Waals surface area contributed by atoms with E-state index in [4.69, 9.17) is 4.74 Å². The second-order valence-corrected chi connectivity index (χ2v) is 11.7. The van der Waals surface area contributed by atoms with Crippen LogP contribution in [0.15, 0.2) is 42.5 Å². The average Bonchev–Trinajstić information content (AvgIpc) is 3.51. The lowest BCUT2D eigenvalue weighted by Gasteiger charge is -2.24. The number of hydrogen-bond donors (Lipinski definition) is 2. The Labute approximate surface area is 232 Å². The molecule has 2 amide bonds. The number of halogens is 2. The van der Waals surface area contributed by atoms with Gasteiger partial charge in [-0.2, -0.15) is 0 Å². The molecule has 1 saturated carbocycles. The van der Waals surface area contributed by atoms with Crippen molar-refractivity contribution in [2.24, 2.45) is 0 Å². The van der Waals surface area contributed by atoms with Crippen LogP contribution in [0.4, 0.5) is 19.3 Å². The summed E-state index contributed by atoms with van der Waals surface area (Å²) >= 11 is 0. The topological polar surface area (TPSA) is 90.8 Å². The summed E-state index contributed by atoms with van der Waals surface area (Å²) in [5.74, 6) is -0.144. The minimum atomic E-state index is -3.70. The number of alkyl carbamates (subject to hydrolysis) is 1. The van der Waals surface area contributed by atoms with Crippen molar-refractivity contribution in [3.63, 3.8) is 0 Å². The molecule has 5 rings (SSSR count). The number of carbonyl (C=O) groups is 2. The van der Waals surface area contributed by atoms with Gasteiger partial charge >= 0.3 is 12.4 Å². The average molecular weight is 553 g/mol. The Kier molecular flexibility index (Phi) is 6.96. The molecule has 2 heterocycles. The van der Waals surface area contributed by atoms with Crippen LogP contribution in [-0.4, -0.2) is 43.9 Å². The van der Waals surface area contributed by atoms with Crippen molar-refractivity contribution in [1.82, 2.24) is 9.88 Å². The van der Waals surface area contributed by atoms with Crippen molar-refractivity contribution >= 4 is 36.4 Å². The first-order valence-corrected chi connectivity index (χ1v) is 13.6. The van der Waals surface area contributed by atoms with E-state index in [-0.39, 0.29) is 28.6 Å². The van der Waals surface area contributed by atoms with Crippen LogP contribution in [-0.2, 0) is 26.9 Å². The number of fused-ring (bicyclic) bond motifs is 2. The fraction of sp³-hybridized carbons (Fsp3) is 0.448. The van der Waals surface area contributed by atoms with E-state index < -0.39 is 17.8 Å². The van der Waals surface area contributed by atoms with E-state index in [1.807, 2.05) is 18.2 Å². The monoisotopic (exact) mass is 553 g/mol. The zero-order valence-corrected chi connectivity index (χ0v) is 23.4. The minimum Gasteiger partial charge on any atom is -0.450 e. The predicted molar refractivity (Wildman–Crippen MR) is 150 cm³/mol. The summed E-state index contributed by atoms with van der Waals surface area (Å²) in [6.45, 7) is 9.73. The second kappa shape index (κ2) is 10.0. The number of anilines is 1. The van der Waals surface area contributed by atoms with Gasteiger partial charge in [-0.15, -0.1) is 8.78 Å². The number of benzene rings is 2. The first-order chi connectivity index (χ1) is 18.8. The fourth-order valence-corrected chi connectivity index (χ4v) is 5.25. The number of hydrogen-bond acceptors (Lipinski definition) is 5. The number of ether oxygens (including phenoxy) is 3. The minimum absolute atomic E-state index is 0.0411. The number of carbonyl (C=O) groups excluding carboxylic acids is 2. The molecule has 2 N–H and O–H groups in total. The maximum atomic E-state index is 13.5. The molecule has 1 aliphatic heterocycles. The van der Waals surface area contributed by atoms with Crippen LogP contribution in [0.3, 0.4) is 0 Å². The molecular formula is C29H34BF2N3O5. The van der Waals surface area contributed by atoms with Crippen molar-refractivity contribution in [1.29, 1.82) is 0 Å². The molecule has 212 valence electrons. The molecule has 11 heteroatoms. The van der Waals surface area contributed by atoms with Crippen LogP contribution in [0.1, 0.15) is 51.8 Å². The van der Waals surface area contributed by atoms with Gasteiger partial charge in [0.2, 0.25) is 5.91 Å². The maximum absolute atomic E-state index is 13.5. The molecule has 0 unspecified atom stereocenters. The van der Waals surface area contributed by atoms with E-state index in [0.29, 0.717) is 43.8 Å². The van der Waals surface area contributed by atoms with E-state index in [1.165, 1.54) is 12.1 Å². The lowest BCUT2D eigenvalue weighted by atomic mass is 9.86. The van der Waals surface area contributed by atoms with Gasteiger partial charge in [0.15, 0.2) is 11.5 Å². The fourth-order valence-electron chi connectivity index (χ4n) is 5.25. The van der Waals surface area contributed by atoms with Gasteiger partial charge < -0.3 is 29.4 Å². The van der Waals surface area contributed by atoms with E-state index in [9.17, 15) is 18.4 Å². The highest BCUT2D eigenvalue weighted by molar-refractivity contribution is 6.12. The summed E-state index contributed by atoms with van der Waals surface area (Å²) in [7, 11) is 2.07. The Morgan fingerprint density at radius 2 is 1.82 bits per heavy atom. The van der Waals surface area contributed by atoms with Crippen molar-refractivity contribution in [3.05, 3.63) is 53.7 Å². The summed E-state index contributed by atoms with van der Waals surface area (Å²) in [5.41, 5.74) is 2.52. The van der Waals surface area contributed by atoms with E-state index >= 15 is 0 Å². The van der Waals surface area contributed by atoms with Gasteiger partial charge in [0.05, 0.1) is 12.0 Å². The van der Waals surface area contributed by atoms with Crippen LogP contribution < -0.4 is 20.1 Å². The van der Waals surface area contributed by atoms with E-state index in [1.54, 1.807) is 13.0 Å². The SMILES string of the molecule is B[C@@H](CNC(=O)OCC)Cn1c(C(C)(C)C)cc2cc(NC(=O)C3(c4ccc5c(c4)OC(F)(F)O5)CC3)ccc21. The lowest BCUT2D eigenvalue weighted by Crippen LogP contribution is -2.30. The molecule has 2 aromatic carbocycles. The molecule has 8 nitrogen and oxygen atoms in total. The van der Waals surface area contributed by atoms with Crippen molar-refractivity contribution in [2.45, 2.75) is 70.0 Å². The quantitative estimate of drug-likeness (QED) is 0.379. The first kappa shape index (κ1) is 27.8. The van der Waals surface area contributed by atoms with Gasteiger partial charge in [0, 0.05) is 40.8 Å². The van der Waals surface area contributed by atoms with E-state index in [2.05, 4.69) is 59.4 Å². The number of rotatable bonds is 8.